The largest absolute Gasteiger partial charge is 0.491 e. The second kappa shape index (κ2) is 8.28. The standard InChI is InChI=1S/C17H27NO2/c1-18(16-8-4-3-5-9-16)14-15-7-6-10-17(13-15)20-12-11-19-2/h6-7,10,13,16H,3-5,8-9,11-12,14H2,1-2H3. The number of rotatable bonds is 7. The Morgan fingerprint density at radius 1 is 1.15 bits per heavy atom. The zero-order valence-electron chi connectivity index (χ0n) is 12.8. The van der Waals surface area contributed by atoms with E-state index in [1.165, 1.54) is 37.7 Å². The summed E-state index contributed by atoms with van der Waals surface area (Å²) in [6.45, 7) is 2.25. The molecule has 0 spiro atoms. The second-order valence-corrected chi connectivity index (χ2v) is 5.70. The van der Waals surface area contributed by atoms with Gasteiger partial charge in [0.1, 0.15) is 12.4 Å². The highest BCUT2D eigenvalue weighted by Gasteiger charge is 2.17. The molecule has 0 radical (unpaired) electrons. The molecule has 1 aliphatic carbocycles. The van der Waals surface area contributed by atoms with Crippen LogP contribution in [0.4, 0.5) is 0 Å². The molecule has 0 N–H and O–H groups in total. The van der Waals surface area contributed by atoms with Gasteiger partial charge in [0.25, 0.3) is 0 Å². The monoisotopic (exact) mass is 277 g/mol. The summed E-state index contributed by atoms with van der Waals surface area (Å²) in [6.07, 6.45) is 6.87. The van der Waals surface area contributed by atoms with Gasteiger partial charge >= 0.3 is 0 Å². The van der Waals surface area contributed by atoms with Crippen LogP contribution in [0.1, 0.15) is 37.7 Å². The minimum atomic E-state index is 0.610. The Morgan fingerprint density at radius 3 is 2.70 bits per heavy atom. The molecule has 0 heterocycles. The molecule has 112 valence electrons. The first kappa shape index (κ1) is 15.3. The van der Waals surface area contributed by atoms with Gasteiger partial charge in [-0.05, 0) is 37.6 Å². The van der Waals surface area contributed by atoms with Gasteiger partial charge in [-0.1, -0.05) is 31.4 Å². The molecule has 0 atom stereocenters. The Morgan fingerprint density at radius 2 is 1.95 bits per heavy atom. The maximum absolute atomic E-state index is 5.67. The average molecular weight is 277 g/mol. The van der Waals surface area contributed by atoms with Gasteiger partial charge in [-0.2, -0.15) is 0 Å². The van der Waals surface area contributed by atoms with E-state index in [0.717, 1.165) is 18.3 Å². The minimum Gasteiger partial charge on any atom is -0.491 e. The Balaban J connectivity index is 1.86. The van der Waals surface area contributed by atoms with Crippen LogP contribution in [0.3, 0.4) is 0 Å². The maximum atomic E-state index is 5.67. The highest BCUT2D eigenvalue weighted by molar-refractivity contribution is 5.28. The summed E-state index contributed by atoms with van der Waals surface area (Å²) in [6, 6.07) is 9.17. The SMILES string of the molecule is COCCOc1cccc(CN(C)C2CCCCC2)c1. The molecule has 1 aromatic carbocycles. The highest BCUT2D eigenvalue weighted by atomic mass is 16.5. The van der Waals surface area contributed by atoms with Crippen LogP contribution < -0.4 is 4.74 Å². The lowest BCUT2D eigenvalue weighted by Crippen LogP contribution is -2.32. The van der Waals surface area contributed by atoms with E-state index in [1.54, 1.807) is 7.11 Å². The zero-order valence-corrected chi connectivity index (χ0v) is 12.8. The van der Waals surface area contributed by atoms with Crippen LogP contribution in [0.5, 0.6) is 5.75 Å². The zero-order chi connectivity index (χ0) is 14.2. The molecule has 0 amide bonds. The maximum Gasteiger partial charge on any atom is 0.119 e. The third-order valence-corrected chi connectivity index (χ3v) is 4.08. The molecule has 20 heavy (non-hydrogen) atoms. The number of benzene rings is 1. The van der Waals surface area contributed by atoms with Gasteiger partial charge in [-0.3, -0.25) is 4.90 Å². The van der Waals surface area contributed by atoms with Gasteiger partial charge in [-0.15, -0.1) is 0 Å². The molecule has 1 aromatic rings. The topological polar surface area (TPSA) is 21.7 Å². The van der Waals surface area contributed by atoms with E-state index in [-0.39, 0.29) is 0 Å². The van der Waals surface area contributed by atoms with Crippen molar-refractivity contribution in [1.82, 2.24) is 4.90 Å². The number of nitrogens with zero attached hydrogens (tertiary/aromatic N) is 1. The Hall–Kier alpha value is -1.06. The molecule has 0 bridgehead atoms. The van der Waals surface area contributed by atoms with E-state index >= 15 is 0 Å². The van der Waals surface area contributed by atoms with Crippen molar-refractivity contribution in [2.24, 2.45) is 0 Å². The van der Waals surface area contributed by atoms with Gasteiger partial charge in [0.2, 0.25) is 0 Å². The predicted molar refractivity (Wildman–Crippen MR) is 82.2 cm³/mol. The normalized spacial score (nSPS) is 16.6. The number of hydrogen-bond acceptors (Lipinski definition) is 3. The van der Waals surface area contributed by atoms with E-state index in [4.69, 9.17) is 9.47 Å². The van der Waals surface area contributed by atoms with Crippen LogP contribution in [-0.2, 0) is 11.3 Å². The van der Waals surface area contributed by atoms with Crippen LogP contribution in [-0.4, -0.2) is 38.3 Å². The molecule has 0 aromatic heterocycles. The summed E-state index contributed by atoms with van der Waals surface area (Å²) in [5.74, 6) is 0.941. The van der Waals surface area contributed by atoms with Gasteiger partial charge in [-0.25, -0.2) is 0 Å². The number of ether oxygens (including phenoxy) is 2. The first-order valence-corrected chi connectivity index (χ1v) is 7.70. The summed E-state index contributed by atoms with van der Waals surface area (Å²) >= 11 is 0. The molecule has 3 nitrogen and oxygen atoms in total. The summed E-state index contributed by atoms with van der Waals surface area (Å²) in [4.78, 5) is 2.49. The van der Waals surface area contributed by atoms with Crippen molar-refractivity contribution in [1.29, 1.82) is 0 Å². The lowest BCUT2D eigenvalue weighted by molar-refractivity contribution is 0.146. The number of methoxy groups -OCH3 is 1. The van der Waals surface area contributed by atoms with Gasteiger partial charge < -0.3 is 9.47 Å². The Bertz CT molecular complexity index is 388. The first-order valence-electron chi connectivity index (χ1n) is 7.70. The van der Waals surface area contributed by atoms with Gasteiger partial charge in [0.05, 0.1) is 6.61 Å². The smallest absolute Gasteiger partial charge is 0.119 e. The van der Waals surface area contributed by atoms with Crippen molar-refractivity contribution in [2.75, 3.05) is 27.4 Å². The Kier molecular flexibility index (Phi) is 6.34. The summed E-state index contributed by atoms with van der Waals surface area (Å²) in [7, 11) is 3.94. The lowest BCUT2D eigenvalue weighted by atomic mass is 9.94. The van der Waals surface area contributed by atoms with Crippen LogP contribution in [0.25, 0.3) is 0 Å². The van der Waals surface area contributed by atoms with Crippen LogP contribution in [0, 0.1) is 0 Å². The molecule has 0 saturated heterocycles. The molecular formula is C17H27NO2. The molecule has 0 aliphatic heterocycles. The van der Waals surface area contributed by atoms with Crippen LogP contribution in [0.2, 0.25) is 0 Å². The third-order valence-electron chi connectivity index (χ3n) is 4.08. The summed E-state index contributed by atoms with van der Waals surface area (Å²) in [5.41, 5.74) is 1.33. The fourth-order valence-corrected chi connectivity index (χ4v) is 2.92. The van der Waals surface area contributed by atoms with Gasteiger partial charge in [0.15, 0.2) is 0 Å². The van der Waals surface area contributed by atoms with Crippen LogP contribution >= 0.6 is 0 Å². The van der Waals surface area contributed by atoms with E-state index < -0.39 is 0 Å². The molecule has 3 heteroatoms. The van der Waals surface area contributed by atoms with E-state index in [2.05, 4.69) is 30.1 Å². The van der Waals surface area contributed by atoms with Gasteiger partial charge in [0, 0.05) is 19.7 Å². The predicted octanol–water partition coefficient (Wildman–Crippen LogP) is 3.48. The molecule has 0 unspecified atom stereocenters. The van der Waals surface area contributed by atoms with Crippen LogP contribution in [0.15, 0.2) is 24.3 Å². The van der Waals surface area contributed by atoms with E-state index in [1.807, 2.05) is 6.07 Å². The van der Waals surface area contributed by atoms with Crippen molar-refractivity contribution in [3.05, 3.63) is 29.8 Å². The highest BCUT2D eigenvalue weighted by Crippen LogP contribution is 2.23. The van der Waals surface area contributed by atoms with E-state index in [0.29, 0.717) is 13.2 Å². The molecular weight excluding hydrogens is 250 g/mol. The van der Waals surface area contributed by atoms with Crippen molar-refractivity contribution >= 4 is 0 Å². The summed E-state index contributed by atoms with van der Waals surface area (Å²) in [5, 5.41) is 0. The molecule has 1 fully saturated rings. The molecule has 1 saturated carbocycles. The van der Waals surface area contributed by atoms with Crippen molar-refractivity contribution in [2.45, 2.75) is 44.7 Å². The quantitative estimate of drug-likeness (QED) is 0.712. The lowest BCUT2D eigenvalue weighted by Gasteiger charge is -2.31. The fourth-order valence-electron chi connectivity index (χ4n) is 2.92. The fraction of sp³-hybridized carbons (Fsp3) is 0.647. The third kappa shape index (κ3) is 4.80. The number of hydrogen-bond donors (Lipinski definition) is 0. The minimum absolute atomic E-state index is 0.610. The second-order valence-electron chi connectivity index (χ2n) is 5.70. The van der Waals surface area contributed by atoms with E-state index in [9.17, 15) is 0 Å². The molecule has 1 aliphatic rings. The van der Waals surface area contributed by atoms with Crippen molar-refractivity contribution in [3.8, 4) is 5.75 Å². The molecule has 2 rings (SSSR count). The summed E-state index contributed by atoms with van der Waals surface area (Å²) < 4.78 is 10.7. The first-order chi connectivity index (χ1) is 9.79. The average Bonchev–Trinajstić information content (AvgIpc) is 2.49. The Labute approximate surface area is 122 Å². The van der Waals surface area contributed by atoms with Crippen molar-refractivity contribution < 1.29 is 9.47 Å². The van der Waals surface area contributed by atoms with Crippen molar-refractivity contribution in [3.63, 3.8) is 0 Å².